The van der Waals surface area contributed by atoms with E-state index in [-0.39, 0.29) is 36.5 Å². The van der Waals surface area contributed by atoms with Crippen LogP contribution in [0.25, 0.3) is 0 Å². The molecule has 0 bridgehead atoms. The van der Waals surface area contributed by atoms with Gasteiger partial charge in [-0.25, -0.2) is 0 Å². The van der Waals surface area contributed by atoms with Gasteiger partial charge < -0.3 is 15.7 Å². The zero-order valence-corrected chi connectivity index (χ0v) is 16.4. The van der Waals surface area contributed by atoms with Gasteiger partial charge in [-0.1, -0.05) is 43.7 Å². The minimum atomic E-state index is 0. The molecule has 0 spiro atoms. The highest BCUT2D eigenvalue weighted by atomic mass is 127. The van der Waals surface area contributed by atoms with Gasteiger partial charge in [0.05, 0.1) is 0 Å². The van der Waals surface area contributed by atoms with Gasteiger partial charge in [0.25, 0.3) is 0 Å². The fourth-order valence-corrected chi connectivity index (χ4v) is 1.91. The summed E-state index contributed by atoms with van der Waals surface area (Å²) in [5.74, 6) is 1.43. The Hall–Kier alpha value is -0.820. The van der Waals surface area contributed by atoms with Crippen LogP contribution in [0.3, 0.4) is 0 Å². The summed E-state index contributed by atoms with van der Waals surface area (Å²) in [6.45, 7) is 10.8. The number of aliphatic imine (C=N–C) groups is 1. The number of halogens is 1. The maximum Gasteiger partial charge on any atom is 0.191 e. The predicted molar refractivity (Wildman–Crippen MR) is 105 cm³/mol. The van der Waals surface area contributed by atoms with Crippen molar-refractivity contribution in [3.8, 4) is 0 Å². The number of benzene rings is 1. The minimum absolute atomic E-state index is 0. The number of aryl methyl sites for hydroxylation is 1. The van der Waals surface area contributed by atoms with E-state index >= 15 is 0 Å². The molecule has 0 radical (unpaired) electrons. The van der Waals surface area contributed by atoms with E-state index in [2.05, 4.69) is 60.7 Å². The van der Waals surface area contributed by atoms with E-state index in [0.29, 0.717) is 12.5 Å². The van der Waals surface area contributed by atoms with Crippen molar-refractivity contribution in [1.29, 1.82) is 0 Å². The first-order valence-electron chi connectivity index (χ1n) is 7.76. The summed E-state index contributed by atoms with van der Waals surface area (Å²) in [6.07, 6.45) is 0. The Labute approximate surface area is 151 Å². The molecule has 0 saturated heterocycles. The van der Waals surface area contributed by atoms with E-state index < -0.39 is 0 Å². The summed E-state index contributed by atoms with van der Waals surface area (Å²) in [4.78, 5) is 4.50. The van der Waals surface area contributed by atoms with Crippen LogP contribution in [0.4, 0.5) is 0 Å². The average Bonchev–Trinajstić information content (AvgIpc) is 2.50. The number of hydrogen-bond acceptors (Lipinski definition) is 2. The molecule has 1 aromatic carbocycles. The van der Waals surface area contributed by atoms with Crippen molar-refractivity contribution in [2.75, 3.05) is 26.2 Å². The predicted octanol–water partition coefficient (Wildman–Crippen LogP) is 2.90. The highest BCUT2D eigenvalue weighted by molar-refractivity contribution is 14.0. The quantitative estimate of drug-likeness (QED) is 0.362. The first kappa shape index (κ1) is 21.2. The summed E-state index contributed by atoms with van der Waals surface area (Å²) < 4.78 is 0. The van der Waals surface area contributed by atoms with Gasteiger partial charge in [0.2, 0.25) is 0 Å². The summed E-state index contributed by atoms with van der Waals surface area (Å²) in [6, 6.07) is 8.65. The molecular formula is C17H30IN3O. The molecule has 126 valence electrons. The van der Waals surface area contributed by atoms with Gasteiger partial charge in [0.15, 0.2) is 5.96 Å². The van der Waals surface area contributed by atoms with E-state index in [4.69, 9.17) is 5.11 Å². The van der Waals surface area contributed by atoms with Crippen molar-refractivity contribution >= 4 is 29.9 Å². The molecule has 5 heteroatoms. The number of aliphatic hydroxyl groups excluding tert-OH is 1. The fraction of sp³-hybridized carbons (Fsp3) is 0.588. The van der Waals surface area contributed by atoms with Crippen LogP contribution in [0.2, 0.25) is 0 Å². The number of hydrogen-bond donors (Lipinski definition) is 3. The zero-order chi connectivity index (χ0) is 15.7. The molecule has 2 unspecified atom stereocenters. The molecule has 1 aromatic rings. The van der Waals surface area contributed by atoms with Crippen LogP contribution >= 0.6 is 24.0 Å². The lowest BCUT2D eigenvalue weighted by molar-refractivity contribution is 0.241. The molecule has 0 fully saturated rings. The lowest BCUT2D eigenvalue weighted by atomic mass is 10.0. The highest BCUT2D eigenvalue weighted by Crippen LogP contribution is 2.14. The Kier molecular flexibility index (Phi) is 11.3. The van der Waals surface area contributed by atoms with Crippen LogP contribution in [-0.4, -0.2) is 37.3 Å². The molecule has 0 aliphatic heterocycles. The lowest BCUT2D eigenvalue weighted by Crippen LogP contribution is -2.39. The van der Waals surface area contributed by atoms with E-state index in [1.807, 2.05) is 6.92 Å². The van der Waals surface area contributed by atoms with Crippen molar-refractivity contribution in [1.82, 2.24) is 10.6 Å². The maximum absolute atomic E-state index is 9.06. The number of nitrogens with zero attached hydrogens (tertiary/aromatic N) is 1. The summed E-state index contributed by atoms with van der Waals surface area (Å²) >= 11 is 0. The molecule has 0 aliphatic carbocycles. The van der Waals surface area contributed by atoms with Crippen LogP contribution in [0, 0.1) is 12.8 Å². The van der Waals surface area contributed by atoms with Crippen LogP contribution in [0.5, 0.6) is 0 Å². The average molecular weight is 419 g/mol. The van der Waals surface area contributed by atoms with Crippen LogP contribution in [0.15, 0.2) is 29.3 Å². The summed E-state index contributed by atoms with van der Waals surface area (Å²) in [7, 11) is 0. The molecule has 0 amide bonds. The van der Waals surface area contributed by atoms with Crippen molar-refractivity contribution in [2.24, 2.45) is 10.9 Å². The lowest BCUT2D eigenvalue weighted by Gasteiger charge is -2.17. The Morgan fingerprint density at radius 1 is 1.18 bits per heavy atom. The van der Waals surface area contributed by atoms with Crippen molar-refractivity contribution in [3.05, 3.63) is 35.4 Å². The molecule has 22 heavy (non-hydrogen) atoms. The molecule has 3 N–H and O–H groups in total. The molecule has 2 atom stereocenters. The highest BCUT2D eigenvalue weighted by Gasteiger charge is 2.07. The standard InChI is InChI=1S/C17H29N3O.HI/c1-5-18-17(19-10-14(3)12-21)20-11-15(4)16-8-6-13(2)7-9-16;/h6-9,14-15,21H,5,10-12H2,1-4H3,(H2,18,19,20);1H. The zero-order valence-electron chi connectivity index (χ0n) is 14.1. The van der Waals surface area contributed by atoms with E-state index in [1.165, 1.54) is 11.1 Å². The normalized spacial score (nSPS) is 14.0. The SMILES string of the molecule is CCNC(=NCC(C)CO)NCC(C)c1ccc(C)cc1.I. The Bertz CT molecular complexity index is 434. The van der Waals surface area contributed by atoms with Gasteiger partial charge in [-0.2, -0.15) is 0 Å². The van der Waals surface area contributed by atoms with Crippen LogP contribution in [-0.2, 0) is 0 Å². The molecule has 0 heterocycles. The van der Waals surface area contributed by atoms with E-state index in [9.17, 15) is 0 Å². The second kappa shape index (κ2) is 11.7. The fourth-order valence-electron chi connectivity index (χ4n) is 1.91. The van der Waals surface area contributed by atoms with Crippen molar-refractivity contribution in [3.63, 3.8) is 0 Å². The topological polar surface area (TPSA) is 56.7 Å². The smallest absolute Gasteiger partial charge is 0.191 e. The van der Waals surface area contributed by atoms with Crippen molar-refractivity contribution in [2.45, 2.75) is 33.6 Å². The Morgan fingerprint density at radius 3 is 2.36 bits per heavy atom. The maximum atomic E-state index is 9.06. The first-order chi connectivity index (χ1) is 10.1. The van der Waals surface area contributed by atoms with Crippen molar-refractivity contribution < 1.29 is 5.11 Å². The van der Waals surface area contributed by atoms with Gasteiger partial charge >= 0.3 is 0 Å². The molecule has 0 aromatic heterocycles. The van der Waals surface area contributed by atoms with Crippen LogP contribution < -0.4 is 10.6 Å². The van der Waals surface area contributed by atoms with Gasteiger partial charge in [0.1, 0.15) is 0 Å². The van der Waals surface area contributed by atoms with Gasteiger partial charge in [-0.15, -0.1) is 24.0 Å². The van der Waals surface area contributed by atoms with Gasteiger partial charge in [-0.05, 0) is 31.2 Å². The monoisotopic (exact) mass is 419 g/mol. The second-order valence-electron chi connectivity index (χ2n) is 5.70. The molecule has 4 nitrogen and oxygen atoms in total. The largest absolute Gasteiger partial charge is 0.396 e. The van der Waals surface area contributed by atoms with Gasteiger partial charge in [0, 0.05) is 26.2 Å². The molecular weight excluding hydrogens is 389 g/mol. The van der Waals surface area contributed by atoms with Gasteiger partial charge in [-0.3, -0.25) is 4.99 Å². The molecule has 1 rings (SSSR count). The third kappa shape index (κ3) is 7.98. The number of guanidine groups is 1. The third-order valence-corrected chi connectivity index (χ3v) is 3.44. The summed E-state index contributed by atoms with van der Waals surface area (Å²) in [5.41, 5.74) is 2.61. The molecule has 0 aliphatic rings. The Balaban J connectivity index is 0.00000441. The van der Waals surface area contributed by atoms with E-state index in [0.717, 1.165) is 19.0 Å². The third-order valence-electron chi connectivity index (χ3n) is 3.44. The number of nitrogens with one attached hydrogen (secondary N) is 2. The minimum Gasteiger partial charge on any atom is -0.396 e. The van der Waals surface area contributed by atoms with Crippen LogP contribution in [0.1, 0.15) is 37.8 Å². The first-order valence-corrected chi connectivity index (χ1v) is 7.76. The second-order valence-corrected chi connectivity index (χ2v) is 5.70. The molecule has 0 saturated carbocycles. The summed E-state index contributed by atoms with van der Waals surface area (Å²) in [5, 5.41) is 15.7. The Morgan fingerprint density at radius 2 is 1.82 bits per heavy atom. The number of aliphatic hydroxyl groups is 1. The number of rotatable bonds is 7. The van der Waals surface area contributed by atoms with E-state index in [1.54, 1.807) is 0 Å².